The number of hydrogen-bond acceptors (Lipinski definition) is 8. The van der Waals surface area contributed by atoms with E-state index in [2.05, 4.69) is 54.5 Å². The van der Waals surface area contributed by atoms with Crippen LogP contribution in [0.3, 0.4) is 0 Å². The largest absolute Gasteiger partial charge is 0.394 e. The Morgan fingerprint density at radius 2 is 1.55 bits per heavy atom. The van der Waals surface area contributed by atoms with Crippen LogP contribution in [0.4, 0.5) is 0 Å². The van der Waals surface area contributed by atoms with Gasteiger partial charge in [0.15, 0.2) is 6.29 Å². The molecule has 5 fully saturated rings. The van der Waals surface area contributed by atoms with Crippen molar-refractivity contribution < 1.29 is 40.1 Å². The fraction of sp³-hybridized carbons (Fsp3) is 0.944. The molecule has 5 aliphatic rings. The molecule has 44 heavy (non-hydrogen) atoms. The van der Waals surface area contributed by atoms with Crippen molar-refractivity contribution in [2.45, 2.75) is 162 Å². The Balaban J connectivity index is 1.37. The molecule has 0 spiro atoms. The van der Waals surface area contributed by atoms with Crippen molar-refractivity contribution in [3.05, 3.63) is 11.6 Å². The molecular formula is C36H62O8. The summed E-state index contributed by atoms with van der Waals surface area (Å²) in [7, 11) is 0. The summed E-state index contributed by atoms with van der Waals surface area (Å²) in [4.78, 5) is 0. The number of hydrogen-bond donors (Lipinski definition) is 6. The molecule has 8 heteroatoms. The minimum atomic E-state index is -1.46. The Hall–Kier alpha value is -0.580. The molecular weight excluding hydrogens is 560 g/mol. The minimum absolute atomic E-state index is 0.0231. The average molecular weight is 623 g/mol. The number of rotatable bonds is 7. The molecule has 6 N–H and O–H groups in total. The van der Waals surface area contributed by atoms with E-state index < -0.39 is 49.0 Å². The highest BCUT2D eigenvalue weighted by atomic mass is 16.7. The molecule has 0 amide bonds. The van der Waals surface area contributed by atoms with Gasteiger partial charge >= 0.3 is 0 Å². The van der Waals surface area contributed by atoms with Gasteiger partial charge in [0.1, 0.15) is 24.4 Å². The molecule has 0 radical (unpaired) electrons. The van der Waals surface area contributed by atoms with E-state index in [1.165, 1.54) is 5.57 Å². The van der Waals surface area contributed by atoms with Crippen LogP contribution >= 0.6 is 0 Å². The number of aliphatic hydroxyl groups is 6. The van der Waals surface area contributed by atoms with E-state index in [0.717, 1.165) is 51.4 Å². The standard InChI is InChI=1S/C36H62O8/c1-20(2)10-9-14-36(8,42)21-11-16-35(7)27(21)22(38)18-25-33(5)15-13-26(32(3,4)24(33)12-17-34(25,35)6)44-31-30(41)29(40)28(39)23(19-37)43-31/h10,21-31,37-42H,9,11-19H2,1-8H3/t21-,22+,23+,24-,25+,26-,27-,28+,29-,30+,31-,33+,34+,35+,36+/m1/s1. The first-order valence-corrected chi connectivity index (χ1v) is 17.3. The topological polar surface area (TPSA) is 140 Å². The van der Waals surface area contributed by atoms with E-state index in [4.69, 9.17) is 9.47 Å². The van der Waals surface area contributed by atoms with Gasteiger partial charge in [-0.3, -0.25) is 0 Å². The maximum atomic E-state index is 12.0. The smallest absolute Gasteiger partial charge is 0.186 e. The zero-order valence-electron chi connectivity index (χ0n) is 28.5. The second-order valence-corrected chi connectivity index (χ2v) is 17.3. The third-order valence-corrected chi connectivity index (χ3v) is 14.5. The highest BCUT2D eigenvalue weighted by Crippen LogP contribution is 2.76. The Kier molecular flexibility index (Phi) is 9.35. The first-order chi connectivity index (χ1) is 20.3. The van der Waals surface area contributed by atoms with Crippen LogP contribution in [0, 0.1) is 45.3 Å². The third-order valence-electron chi connectivity index (χ3n) is 14.5. The van der Waals surface area contributed by atoms with Gasteiger partial charge in [0.05, 0.1) is 24.4 Å². The van der Waals surface area contributed by atoms with Crippen LogP contribution in [-0.4, -0.2) is 85.8 Å². The van der Waals surface area contributed by atoms with Crippen molar-refractivity contribution in [1.29, 1.82) is 0 Å². The summed E-state index contributed by atoms with van der Waals surface area (Å²) < 4.78 is 12.2. The number of ether oxygens (including phenoxy) is 2. The lowest BCUT2D eigenvalue weighted by Crippen LogP contribution is -2.67. The molecule has 0 aromatic heterocycles. The summed E-state index contributed by atoms with van der Waals surface area (Å²) in [5, 5.41) is 64.8. The summed E-state index contributed by atoms with van der Waals surface area (Å²) in [6, 6.07) is 0. The van der Waals surface area contributed by atoms with E-state index in [1.54, 1.807) is 0 Å². The first-order valence-electron chi connectivity index (χ1n) is 17.3. The predicted molar refractivity (Wildman–Crippen MR) is 168 cm³/mol. The first kappa shape index (κ1) is 34.7. The maximum Gasteiger partial charge on any atom is 0.186 e. The van der Waals surface area contributed by atoms with Crippen LogP contribution in [0.2, 0.25) is 0 Å². The van der Waals surface area contributed by atoms with Crippen LogP contribution in [0.15, 0.2) is 11.6 Å². The van der Waals surface area contributed by atoms with Crippen LogP contribution in [0.1, 0.15) is 113 Å². The van der Waals surface area contributed by atoms with E-state index >= 15 is 0 Å². The van der Waals surface area contributed by atoms with Crippen molar-refractivity contribution in [2.75, 3.05) is 6.61 Å². The summed E-state index contributed by atoms with van der Waals surface area (Å²) in [6.45, 7) is 17.5. The SMILES string of the molecule is CC(C)=CCC[C@](C)(O)[C@@H]1CC[C@@]2(C)[C@H]1[C@@H](O)C[C@H]1[C@@]3(C)CC[C@@H](O[C@H]4O[C@@H](CO)[C@H](O)[C@@H](O)[C@@H]4O)C(C)(C)[C@H]3CC[C@@]12C. The van der Waals surface area contributed by atoms with Crippen molar-refractivity contribution in [2.24, 2.45) is 45.3 Å². The van der Waals surface area contributed by atoms with Gasteiger partial charge in [-0.25, -0.2) is 0 Å². The zero-order valence-corrected chi connectivity index (χ0v) is 28.5. The molecule has 0 bridgehead atoms. The van der Waals surface area contributed by atoms with Crippen molar-refractivity contribution in [3.8, 4) is 0 Å². The molecule has 0 unspecified atom stereocenters. The fourth-order valence-electron chi connectivity index (χ4n) is 11.9. The molecule has 15 atom stereocenters. The van der Waals surface area contributed by atoms with Gasteiger partial charge in [-0.2, -0.15) is 0 Å². The molecule has 1 aliphatic heterocycles. The van der Waals surface area contributed by atoms with Crippen LogP contribution < -0.4 is 0 Å². The third kappa shape index (κ3) is 5.26. The molecule has 1 heterocycles. The summed E-state index contributed by atoms with van der Waals surface area (Å²) in [6.07, 6.45) is 3.15. The molecule has 1 saturated heterocycles. The predicted octanol–water partition coefficient (Wildman–Crippen LogP) is 4.32. The van der Waals surface area contributed by atoms with E-state index in [0.29, 0.717) is 18.3 Å². The van der Waals surface area contributed by atoms with Gasteiger partial charge in [0.25, 0.3) is 0 Å². The van der Waals surface area contributed by atoms with Crippen molar-refractivity contribution in [3.63, 3.8) is 0 Å². The molecule has 4 saturated carbocycles. The molecule has 8 nitrogen and oxygen atoms in total. The molecule has 0 aromatic carbocycles. The summed E-state index contributed by atoms with van der Waals surface area (Å²) in [5.41, 5.74) is 0.122. The minimum Gasteiger partial charge on any atom is -0.394 e. The van der Waals surface area contributed by atoms with Gasteiger partial charge < -0.3 is 40.1 Å². The van der Waals surface area contributed by atoms with Crippen LogP contribution in [0.25, 0.3) is 0 Å². The van der Waals surface area contributed by atoms with Gasteiger partial charge in [-0.05, 0) is 124 Å². The molecule has 5 rings (SSSR count). The quantitative estimate of drug-likeness (QED) is 0.182. The van der Waals surface area contributed by atoms with Crippen molar-refractivity contribution in [1.82, 2.24) is 0 Å². The molecule has 254 valence electrons. The van der Waals surface area contributed by atoms with Crippen molar-refractivity contribution >= 4 is 0 Å². The Labute approximate surface area is 265 Å². The lowest BCUT2D eigenvalue weighted by atomic mass is 9.35. The monoisotopic (exact) mass is 622 g/mol. The Bertz CT molecular complexity index is 1070. The highest BCUT2D eigenvalue weighted by molar-refractivity contribution is 5.20. The van der Waals surface area contributed by atoms with Gasteiger partial charge in [-0.15, -0.1) is 0 Å². The lowest BCUT2D eigenvalue weighted by Gasteiger charge is -2.70. The number of aliphatic hydroxyl groups excluding tert-OH is 5. The van der Waals surface area contributed by atoms with Crippen LogP contribution in [0.5, 0.6) is 0 Å². The fourth-order valence-corrected chi connectivity index (χ4v) is 11.9. The van der Waals surface area contributed by atoms with E-state index in [1.807, 2.05) is 6.92 Å². The summed E-state index contributed by atoms with van der Waals surface area (Å²) in [5.74, 6) is 0.792. The number of allylic oxidation sites excluding steroid dienone is 2. The normalized spacial score (nSPS) is 51.5. The number of fused-ring (bicyclic) bond motifs is 5. The zero-order chi connectivity index (χ0) is 32.6. The average Bonchev–Trinajstić information content (AvgIpc) is 3.32. The Morgan fingerprint density at radius 1 is 0.886 bits per heavy atom. The van der Waals surface area contributed by atoms with Gasteiger partial charge in [-0.1, -0.05) is 46.3 Å². The molecule has 4 aliphatic carbocycles. The maximum absolute atomic E-state index is 12.0. The summed E-state index contributed by atoms with van der Waals surface area (Å²) >= 11 is 0. The van der Waals surface area contributed by atoms with Gasteiger partial charge in [0.2, 0.25) is 0 Å². The van der Waals surface area contributed by atoms with Gasteiger partial charge in [0, 0.05) is 0 Å². The molecule has 0 aromatic rings. The van der Waals surface area contributed by atoms with Crippen LogP contribution in [-0.2, 0) is 9.47 Å². The lowest BCUT2D eigenvalue weighted by molar-refractivity contribution is -0.332. The second kappa shape index (κ2) is 11.8. The van der Waals surface area contributed by atoms with E-state index in [-0.39, 0.29) is 39.6 Å². The Morgan fingerprint density at radius 3 is 2.18 bits per heavy atom. The van der Waals surface area contributed by atoms with E-state index in [9.17, 15) is 30.6 Å². The highest BCUT2D eigenvalue weighted by Gasteiger charge is 2.71. The second-order valence-electron chi connectivity index (χ2n) is 17.3.